The Hall–Kier alpha value is -0.970. The van der Waals surface area contributed by atoms with Gasteiger partial charge in [0.15, 0.2) is 5.92 Å². The molecule has 0 spiro atoms. The summed E-state index contributed by atoms with van der Waals surface area (Å²) < 4.78 is 10.00. The Labute approximate surface area is 119 Å². The zero-order chi connectivity index (χ0) is 14.7. The molecule has 0 N–H and O–H groups in total. The molecule has 19 heavy (non-hydrogen) atoms. The summed E-state index contributed by atoms with van der Waals surface area (Å²) in [6.07, 6.45) is 6.48. The normalized spacial score (nSPS) is 12.7. The van der Waals surface area contributed by atoms with E-state index in [1.165, 1.54) is 0 Å². The fraction of sp³-hybridized carbons (Fsp3) is 0.714. The Morgan fingerprint density at radius 3 is 2.05 bits per heavy atom. The van der Waals surface area contributed by atoms with Crippen LogP contribution in [0.3, 0.4) is 0 Å². The third kappa shape index (κ3) is 6.66. The molecule has 0 bridgehead atoms. The molecule has 5 heteroatoms. The van der Waals surface area contributed by atoms with Gasteiger partial charge >= 0.3 is 11.9 Å². The summed E-state index contributed by atoms with van der Waals surface area (Å²) in [5.41, 5.74) is 0. The number of hydrogen-bond donors (Lipinski definition) is 0. The SMILES string of the molecule is C/C=C/C(CCSC)C(C(=O)OCC)C(=O)OCC. The molecular weight excluding hydrogens is 264 g/mol. The van der Waals surface area contributed by atoms with E-state index in [1.807, 2.05) is 25.3 Å². The van der Waals surface area contributed by atoms with Gasteiger partial charge in [-0.15, -0.1) is 0 Å². The largest absolute Gasteiger partial charge is 0.465 e. The summed E-state index contributed by atoms with van der Waals surface area (Å²) in [7, 11) is 0. The zero-order valence-corrected chi connectivity index (χ0v) is 13.0. The predicted octanol–water partition coefficient (Wildman–Crippen LogP) is 2.67. The summed E-state index contributed by atoms with van der Waals surface area (Å²) in [5, 5.41) is 0. The second-order valence-electron chi connectivity index (χ2n) is 3.95. The molecule has 1 unspecified atom stereocenters. The topological polar surface area (TPSA) is 52.6 Å². The van der Waals surface area contributed by atoms with Gasteiger partial charge in [-0.1, -0.05) is 12.2 Å². The van der Waals surface area contributed by atoms with E-state index < -0.39 is 17.9 Å². The molecule has 0 aromatic rings. The van der Waals surface area contributed by atoms with Gasteiger partial charge in [-0.2, -0.15) is 11.8 Å². The molecular formula is C14H24O4S. The minimum atomic E-state index is -0.858. The van der Waals surface area contributed by atoms with Crippen molar-refractivity contribution in [1.29, 1.82) is 0 Å². The van der Waals surface area contributed by atoms with Crippen LogP contribution in [0.15, 0.2) is 12.2 Å². The number of hydrogen-bond acceptors (Lipinski definition) is 5. The van der Waals surface area contributed by atoms with Crippen LogP contribution in [0.5, 0.6) is 0 Å². The van der Waals surface area contributed by atoms with E-state index in [4.69, 9.17) is 9.47 Å². The second-order valence-corrected chi connectivity index (χ2v) is 4.94. The highest BCUT2D eigenvalue weighted by molar-refractivity contribution is 7.98. The maximum atomic E-state index is 12.0. The molecule has 110 valence electrons. The summed E-state index contributed by atoms with van der Waals surface area (Å²) >= 11 is 1.69. The molecule has 0 aliphatic carbocycles. The standard InChI is InChI=1S/C14H24O4S/c1-5-8-11(9-10-19-4)12(13(15)17-6-2)14(16)18-7-3/h5,8,11-12H,6-7,9-10H2,1-4H3/b8-5+. The van der Waals surface area contributed by atoms with E-state index in [0.717, 1.165) is 12.2 Å². The lowest BCUT2D eigenvalue weighted by Crippen LogP contribution is -2.34. The minimum Gasteiger partial charge on any atom is -0.465 e. The average molecular weight is 288 g/mol. The molecule has 0 aliphatic rings. The lowest BCUT2D eigenvalue weighted by Gasteiger charge is -2.21. The van der Waals surface area contributed by atoms with Crippen LogP contribution in [0.4, 0.5) is 0 Å². The van der Waals surface area contributed by atoms with Crippen molar-refractivity contribution in [2.75, 3.05) is 25.2 Å². The summed E-state index contributed by atoms with van der Waals surface area (Å²) in [6.45, 7) is 5.86. The third-order valence-corrected chi connectivity index (χ3v) is 3.25. The average Bonchev–Trinajstić information content (AvgIpc) is 2.37. The van der Waals surface area contributed by atoms with Gasteiger partial charge < -0.3 is 9.47 Å². The lowest BCUT2D eigenvalue weighted by atomic mass is 9.89. The van der Waals surface area contributed by atoms with Gasteiger partial charge in [0.25, 0.3) is 0 Å². The quantitative estimate of drug-likeness (QED) is 0.371. The van der Waals surface area contributed by atoms with Crippen molar-refractivity contribution < 1.29 is 19.1 Å². The smallest absolute Gasteiger partial charge is 0.320 e. The summed E-state index contributed by atoms with van der Waals surface area (Å²) in [6, 6.07) is 0. The highest BCUT2D eigenvalue weighted by Crippen LogP contribution is 2.23. The molecule has 1 atom stereocenters. The molecule has 0 aliphatic heterocycles. The van der Waals surface area contributed by atoms with E-state index in [-0.39, 0.29) is 19.1 Å². The number of thioether (sulfide) groups is 1. The van der Waals surface area contributed by atoms with Gasteiger partial charge in [-0.25, -0.2) is 0 Å². The van der Waals surface area contributed by atoms with Crippen molar-refractivity contribution in [3.8, 4) is 0 Å². The number of allylic oxidation sites excluding steroid dienone is 2. The molecule has 0 amide bonds. The molecule has 0 aromatic heterocycles. The highest BCUT2D eigenvalue weighted by atomic mass is 32.2. The van der Waals surface area contributed by atoms with E-state index in [0.29, 0.717) is 0 Å². The first kappa shape index (κ1) is 18.0. The Morgan fingerprint density at radius 2 is 1.68 bits per heavy atom. The summed E-state index contributed by atoms with van der Waals surface area (Å²) in [4.78, 5) is 24.0. The minimum absolute atomic E-state index is 0.171. The third-order valence-electron chi connectivity index (χ3n) is 2.60. The van der Waals surface area contributed by atoms with Crippen molar-refractivity contribution in [2.45, 2.75) is 27.2 Å². The van der Waals surface area contributed by atoms with Crippen LogP contribution < -0.4 is 0 Å². The number of rotatable bonds is 9. The Morgan fingerprint density at radius 1 is 1.16 bits per heavy atom. The van der Waals surface area contributed by atoms with Gasteiger partial charge in [-0.3, -0.25) is 9.59 Å². The van der Waals surface area contributed by atoms with E-state index in [2.05, 4.69) is 0 Å². The Balaban J connectivity index is 5.02. The van der Waals surface area contributed by atoms with Crippen LogP contribution in [-0.2, 0) is 19.1 Å². The van der Waals surface area contributed by atoms with Crippen molar-refractivity contribution >= 4 is 23.7 Å². The van der Waals surface area contributed by atoms with Gasteiger partial charge in [0.2, 0.25) is 0 Å². The van der Waals surface area contributed by atoms with E-state index >= 15 is 0 Å². The Kier molecular flexibility index (Phi) is 10.4. The maximum absolute atomic E-state index is 12.0. The van der Waals surface area contributed by atoms with E-state index in [1.54, 1.807) is 25.6 Å². The number of carbonyl (C=O) groups is 2. The fourth-order valence-electron chi connectivity index (χ4n) is 1.79. The molecule has 0 rings (SSSR count). The second kappa shape index (κ2) is 10.9. The van der Waals surface area contributed by atoms with Crippen LogP contribution >= 0.6 is 11.8 Å². The van der Waals surface area contributed by atoms with E-state index in [9.17, 15) is 9.59 Å². The van der Waals surface area contributed by atoms with Crippen LogP contribution in [-0.4, -0.2) is 37.2 Å². The zero-order valence-electron chi connectivity index (χ0n) is 12.2. The number of esters is 2. The first-order valence-electron chi connectivity index (χ1n) is 6.57. The van der Waals surface area contributed by atoms with Crippen LogP contribution in [0.2, 0.25) is 0 Å². The predicted molar refractivity (Wildman–Crippen MR) is 78.1 cm³/mol. The number of carbonyl (C=O) groups excluding carboxylic acids is 2. The first-order chi connectivity index (χ1) is 9.12. The lowest BCUT2D eigenvalue weighted by molar-refractivity contribution is -0.163. The van der Waals surface area contributed by atoms with Crippen LogP contribution in [0, 0.1) is 11.8 Å². The molecule has 0 saturated carbocycles. The van der Waals surface area contributed by atoms with Crippen molar-refractivity contribution in [2.24, 2.45) is 11.8 Å². The van der Waals surface area contributed by atoms with Gasteiger partial charge in [0.1, 0.15) is 0 Å². The first-order valence-corrected chi connectivity index (χ1v) is 7.96. The van der Waals surface area contributed by atoms with Gasteiger partial charge in [0.05, 0.1) is 13.2 Å². The van der Waals surface area contributed by atoms with Crippen molar-refractivity contribution in [3.63, 3.8) is 0 Å². The summed E-state index contributed by atoms with van der Waals surface area (Å²) in [5.74, 6) is -1.14. The highest BCUT2D eigenvalue weighted by Gasteiger charge is 2.35. The van der Waals surface area contributed by atoms with Crippen LogP contribution in [0.1, 0.15) is 27.2 Å². The maximum Gasteiger partial charge on any atom is 0.320 e. The molecule has 0 fully saturated rings. The fourth-order valence-corrected chi connectivity index (χ4v) is 2.29. The molecule has 0 aromatic carbocycles. The Bertz CT molecular complexity index is 284. The number of ether oxygens (including phenoxy) is 2. The molecule has 0 heterocycles. The molecule has 0 saturated heterocycles. The monoisotopic (exact) mass is 288 g/mol. The van der Waals surface area contributed by atoms with Gasteiger partial charge in [0, 0.05) is 5.92 Å². The van der Waals surface area contributed by atoms with Gasteiger partial charge in [-0.05, 0) is 39.2 Å². The molecule has 0 radical (unpaired) electrons. The van der Waals surface area contributed by atoms with Crippen LogP contribution in [0.25, 0.3) is 0 Å². The van der Waals surface area contributed by atoms with Crippen molar-refractivity contribution in [1.82, 2.24) is 0 Å². The molecule has 4 nitrogen and oxygen atoms in total. The van der Waals surface area contributed by atoms with Crippen molar-refractivity contribution in [3.05, 3.63) is 12.2 Å².